The number of nitrogens with zero attached hydrogens (tertiary/aromatic N) is 2. The van der Waals surface area contributed by atoms with Crippen molar-refractivity contribution in [1.82, 2.24) is 9.71 Å². The second-order valence-electron chi connectivity index (χ2n) is 6.54. The largest absolute Gasteiger partial charge is 0.417 e. The maximum absolute atomic E-state index is 12.6. The Labute approximate surface area is 160 Å². The van der Waals surface area contributed by atoms with E-state index >= 15 is 0 Å². The van der Waals surface area contributed by atoms with Gasteiger partial charge in [0, 0.05) is 30.9 Å². The molecule has 1 aromatic carbocycles. The lowest BCUT2D eigenvalue weighted by Gasteiger charge is -2.18. The van der Waals surface area contributed by atoms with Crippen LogP contribution in [0.1, 0.15) is 29.3 Å². The maximum Gasteiger partial charge on any atom is 0.417 e. The van der Waals surface area contributed by atoms with Crippen LogP contribution in [0.3, 0.4) is 0 Å². The molecule has 1 N–H and O–H groups in total. The number of alkyl halides is 3. The lowest BCUT2D eigenvalue weighted by Crippen LogP contribution is -2.37. The predicted octanol–water partition coefficient (Wildman–Crippen LogP) is 2.86. The van der Waals surface area contributed by atoms with Gasteiger partial charge in [-0.15, -0.1) is 0 Å². The Bertz CT molecular complexity index is 976. The molecule has 0 amide bonds. The molecular weight excluding hydrogens is 395 g/mol. The van der Waals surface area contributed by atoms with Gasteiger partial charge < -0.3 is 4.90 Å². The number of aromatic nitrogens is 1. The Hall–Kier alpha value is -2.46. The van der Waals surface area contributed by atoms with Crippen LogP contribution in [0.4, 0.5) is 19.0 Å². The van der Waals surface area contributed by atoms with Crippen LogP contribution in [0.5, 0.6) is 0 Å². The van der Waals surface area contributed by atoms with Crippen molar-refractivity contribution in [3.63, 3.8) is 0 Å². The van der Waals surface area contributed by atoms with Gasteiger partial charge in [0.2, 0.25) is 10.0 Å². The molecule has 1 saturated heterocycles. The van der Waals surface area contributed by atoms with E-state index in [0.29, 0.717) is 24.3 Å². The number of Topliss-reactive ketones (excluding diaryl/α,β-unsaturated/α-hetero) is 1. The summed E-state index contributed by atoms with van der Waals surface area (Å²) in [6, 6.07) is 7.56. The minimum atomic E-state index is -4.46. The molecule has 1 atom stereocenters. The zero-order chi connectivity index (χ0) is 20.5. The van der Waals surface area contributed by atoms with Gasteiger partial charge in [-0.2, -0.15) is 13.2 Å². The van der Waals surface area contributed by atoms with E-state index in [9.17, 15) is 26.4 Å². The molecule has 2 heterocycles. The molecule has 0 saturated carbocycles. The number of ketones is 1. The Morgan fingerprint density at radius 1 is 1.25 bits per heavy atom. The third-order valence-corrected chi connectivity index (χ3v) is 5.98. The van der Waals surface area contributed by atoms with Gasteiger partial charge >= 0.3 is 6.18 Å². The first-order chi connectivity index (χ1) is 13.1. The lowest BCUT2D eigenvalue weighted by atomic mass is 10.2. The van der Waals surface area contributed by atoms with Crippen molar-refractivity contribution in [3.05, 3.63) is 53.7 Å². The molecule has 150 valence electrons. The molecule has 10 heteroatoms. The molecule has 0 aliphatic carbocycles. The van der Waals surface area contributed by atoms with E-state index in [1.165, 1.54) is 37.3 Å². The minimum absolute atomic E-state index is 0.00805. The number of hydrogen-bond donors (Lipinski definition) is 1. The summed E-state index contributed by atoms with van der Waals surface area (Å²) in [5, 5.41) is 0. The van der Waals surface area contributed by atoms with Crippen molar-refractivity contribution in [2.24, 2.45) is 0 Å². The molecule has 1 aliphatic rings. The molecule has 1 unspecified atom stereocenters. The third kappa shape index (κ3) is 4.50. The molecule has 1 aromatic heterocycles. The van der Waals surface area contributed by atoms with Crippen molar-refractivity contribution in [2.75, 3.05) is 18.0 Å². The molecule has 28 heavy (non-hydrogen) atoms. The lowest BCUT2D eigenvalue weighted by molar-refractivity contribution is -0.137. The molecule has 0 spiro atoms. The van der Waals surface area contributed by atoms with Gasteiger partial charge in [-0.05, 0) is 37.6 Å². The van der Waals surface area contributed by atoms with Gasteiger partial charge in [0.05, 0.1) is 10.5 Å². The number of anilines is 1. The number of carbonyl (C=O) groups is 1. The van der Waals surface area contributed by atoms with E-state index in [2.05, 4.69) is 9.71 Å². The van der Waals surface area contributed by atoms with Gasteiger partial charge in [0.25, 0.3) is 0 Å². The van der Waals surface area contributed by atoms with Gasteiger partial charge in [-0.3, -0.25) is 4.79 Å². The minimum Gasteiger partial charge on any atom is -0.355 e. The van der Waals surface area contributed by atoms with Crippen LogP contribution in [0, 0.1) is 0 Å². The zero-order valence-electron chi connectivity index (χ0n) is 14.9. The highest BCUT2D eigenvalue weighted by Crippen LogP contribution is 2.30. The second kappa shape index (κ2) is 7.51. The predicted molar refractivity (Wildman–Crippen MR) is 96.6 cm³/mol. The smallest absolute Gasteiger partial charge is 0.355 e. The van der Waals surface area contributed by atoms with Crippen molar-refractivity contribution < 1.29 is 26.4 Å². The van der Waals surface area contributed by atoms with Gasteiger partial charge in [0.15, 0.2) is 5.78 Å². The zero-order valence-corrected chi connectivity index (χ0v) is 15.7. The number of carbonyl (C=O) groups excluding carboxylic acids is 1. The number of hydrogen-bond acceptors (Lipinski definition) is 5. The SMILES string of the molecule is CC(=O)c1cccc(S(=O)(=O)NC2CCN(c3ccc(C(F)(F)F)cn3)C2)c1. The molecule has 0 bridgehead atoms. The van der Waals surface area contributed by atoms with E-state index in [0.717, 1.165) is 12.3 Å². The molecule has 0 radical (unpaired) electrons. The van der Waals surface area contributed by atoms with Crippen LogP contribution in [0.2, 0.25) is 0 Å². The average Bonchev–Trinajstić information content (AvgIpc) is 3.09. The first-order valence-corrected chi connectivity index (χ1v) is 9.96. The van der Waals surface area contributed by atoms with E-state index in [-0.39, 0.29) is 17.2 Å². The van der Waals surface area contributed by atoms with Crippen LogP contribution in [0.25, 0.3) is 0 Å². The summed E-state index contributed by atoms with van der Waals surface area (Å²) in [7, 11) is -3.83. The highest BCUT2D eigenvalue weighted by Gasteiger charge is 2.32. The van der Waals surface area contributed by atoms with E-state index in [1.807, 2.05) is 0 Å². The quantitative estimate of drug-likeness (QED) is 0.763. The van der Waals surface area contributed by atoms with Crippen LogP contribution in [-0.2, 0) is 16.2 Å². The fraction of sp³-hybridized carbons (Fsp3) is 0.333. The number of nitrogens with one attached hydrogen (secondary N) is 1. The van der Waals surface area contributed by atoms with E-state index in [1.54, 1.807) is 4.90 Å². The standard InChI is InChI=1S/C18H18F3N3O3S/c1-12(25)13-3-2-4-16(9-13)28(26,27)23-15-7-8-24(11-15)17-6-5-14(10-22-17)18(19,20)21/h2-6,9-10,15,23H,7-8,11H2,1H3. The molecule has 2 aromatic rings. The van der Waals surface area contributed by atoms with Gasteiger partial charge in [-0.25, -0.2) is 18.1 Å². The Morgan fingerprint density at radius 3 is 2.61 bits per heavy atom. The van der Waals surface area contributed by atoms with Gasteiger partial charge in [0.1, 0.15) is 5.82 Å². The number of halogens is 3. The number of pyridine rings is 1. The monoisotopic (exact) mass is 413 g/mol. The van der Waals surface area contributed by atoms with Crippen molar-refractivity contribution in [2.45, 2.75) is 30.5 Å². The normalized spacial score (nSPS) is 17.7. The van der Waals surface area contributed by atoms with Crippen molar-refractivity contribution >= 4 is 21.6 Å². The van der Waals surface area contributed by atoms with E-state index < -0.39 is 27.8 Å². The summed E-state index contributed by atoms with van der Waals surface area (Å²) in [6.45, 7) is 2.09. The molecule has 1 fully saturated rings. The first-order valence-electron chi connectivity index (χ1n) is 8.48. The highest BCUT2D eigenvalue weighted by molar-refractivity contribution is 7.89. The Morgan fingerprint density at radius 2 is 2.00 bits per heavy atom. The van der Waals surface area contributed by atoms with Crippen LogP contribution in [-0.4, -0.2) is 38.3 Å². The summed E-state index contributed by atoms with van der Waals surface area (Å²) in [4.78, 5) is 17.0. The highest BCUT2D eigenvalue weighted by atomic mass is 32.2. The Kier molecular flexibility index (Phi) is 5.44. The fourth-order valence-electron chi connectivity index (χ4n) is 2.98. The number of benzene rings is 1. The maximum atomic E-state index is 12.6. The summed E-state index contributed by atoms with van der Waals surface area (Å²) >= 11 is 0. The van der Waals surface area contributed by atoms with Crippen molar-refractivity contribution in [3.8, 4) is 0 Å². The summed E-state index contributed by atoms with van der Waals surface area (Å²) < 4.78 is 65.6. The van der Waals surface area contributed by atoms with Crippen LogP contribution in [0.15, 0.2) is 47.5 Å². The second-order valence-corrected chi connectivity index (χ2v) is 8.25. The number of rotatable bonds is 5. The number of sulfonamides is 1. The summed E-state index contributed by atoms with van der Waals surface area (Å²) in [5.41, 5.74) is -0.539. The average molecular weight is 413 g/mol. The van der Waals surface area contributed by atoms with Crippen LogP contribution < -0.4 is 9.62 Å². The van der Waals surface area contributed by atoms with E-state index in [4.69, 9.17) is 0 Å². The van der Waals surface area contributed by atoms with Crippen LogP contribution >= 0.6 is 0 Å². The topological polar surface area (TPSA) is 79.4 Å². The molecule has 3 rings (SSSR count). The van der Waals surface area contributed by atoms with Crippen molar-refractivity contribution in [1.29, 1.82) is 0 Å². The molecule has 6 nitrogen and oxygen atoms in total. The molecule has 1 aliphatic heterocycles. The Balaban J connectivity index is 1.69. The first kappa shape index (κ1) is 20.3. The van der Waals surface area contributed by atoms with Gasteiger partial charge in [-0.1, -0.05) is 12.1 Å². The molecular formula is C18H18F3N3O3S. The summed E-state index contributed by atoms with van der Waals surface area (Å²) in [6.07, 6.45) is -3.21. The summed E-state index contributed by atoms with van der Waals surface area (Å²) in [5.74, 6) is 0.116. The third-order valence-electron chi connectivity index (χ3n) is 4.46. The fourth-order valence-corrected chi connectivity index (χ4v) is 4.28.